The molecule has 2 atom stereocenters. The number of carbonyl (C=O) groups excluding carboxylic acids is 2. The molecule has 0 saturated carbocycles. The normalized spacial score (nSPS) is 27.6. The summed E-state index contributed by atoms with van der Waals surface area (Å²) in [5.74, 6) is -1.36. The average Bonchev–Trinajstić information content (AvgIpc) is 2.66. The van der Waals surface area contributed by atoms with Crippen molar-refractivity contribution in [3.05, 3.63) is 35.9 Å². The van der Waals surface area contributed by atoms with Crippen molar-refractivity contribution in [2.75, 3.05) is 7.11 Å². The molecule has 2 rings (SSSR count). The number of carbonyl (C=O) groups is 2. The average molecular weight is 234 g/mol. The van der Waals surface area contributed by atoms with Crippen molar-refractivity contribution >= 4 is 11.9 Å². The van der Waals surface area contributed by atoms with Crippen LogP contribution in [0.15, 0.2) is 30.3 Å². The Bertz CT molecular complexity index is 440. The van der Waals surface area contributed by atoms with Gasteiger partial charge in [0, 0.05) is 0 Å². The van der Waals surface area contributed by atoms with Gasteiger partial charge in [0.05, 0.1) is 13.5 Å². The van der Waals surface area contributed by atoms with Crippen LogP contribution in [0.3, 0.4) is 0 Å². The molecule has 1 aromatic rings. The van der Waals surface area contributed by atoms with Crippen molar-refractivity contribution in [2.24, 2.45) is 5.92 Å². The van der Waals surface area contributed by atoms with E-state index < -0.39 is 17.5 Å². The zero-order chi connectivity index (χ0) is 12.5. The first-order valence-electron chi connectivity index (χ1n) is 5.43. The summed E-state index contributed by atoms with van der Waals surface area (Å²) in [4.78, 5) is 23.1. The molecule has 1 aromatic carbocycles. The molecular formula is C13H14O4. The minimum absolute atomic E-state index is 0.0675. The molecule has 0 aliphatic carbocycles. The van der Waals surface area contributed by atoms with E-state index in [1.165, 1.54) is 7.11 Å². The van der Waals surface area contributed by atoms with Gasteiger partial charge in [0.25, 0.3) is 0 Å². The van der Waals surface area contributed by atoms with Crippen LogP contribution in [0.25, 0.3) is 0 Å². The quantitative estimate of drug-likeness (QED) is 0.730. The number of ether oxygens (including phenoxy) is 2. The molecule has 90 valence electrons. The van der Waals surface area contributed by atoms with Gasteiger partial charge in [0.1, 0.15) is 11.5 Å². The maximum atomic E-state index is 11.7. The van der Waals surface area contributed by atoms with Gasteiger partial charge in [-0.05, 0) is 12.5 Å². The van der Waals surface area contributed by atoms with Crippen LogP contribution in [-0.4, -0.2) is 19.0 Å². The summed E-state index contributed by atoms with van der Waals surface area (Å²) in [6.45, 7) is 1.74. The third-order valence-electron chi connectivity index (χ3n) is 3.19. The largest absolute Gasteiger partial charge is 0.469 e. The molecule has 17 heavy (non-hydrogen) atoms. The Labute approximate surface area is 99.5 Å². The minimum atomic E-state index is -0.925. The molecule has 0 spiro atoms. The summed E-state index contributed by atoms with van der Waals surface area (Å²) in [5, 5.41) is 0. The standard InChI is InChI=1S/C13H14O4/c1-13(9-6-4-3-5-7-9)10(12(15)16-2)8-11(14)17-13/h3-7,10H,8H2,1-2H3/t10-,13-/m1/s1. The van der Waals surface area contributed by atoms with Gasteiger partial charge < -0.3 is 9.47 Å². The lowest BCUT2D eigenvalue weighted by Gasteiger charge is -2.28. The Kier molecular flexibility index (Phi) is 2.88. The van der Waals surface area contributed by atoms with Crippen molar-refractivity contribution < 1.29 is 19.1 Å². The molecule has 0 radical (unpaired) electrons. The summed E-state index contributed by atoms with van der Waals surface area (Å²) in [5.41, 5.74) is -0.118. The molecule has 1 aliphatic heterocycles. The highest BCUT2D eigenvalue weighted by atomic mass is 16.6. The van der Waals surface area contributed by atoms with Crippen molar-refractivity contribution in [2.45, 2.75) is 18.9 Å². The van der Waals surface area contributed by atoms with Crippen LogP contribution in [0.1, 0.15) is 18.9 Å². The highest BCUT2D eigenvalue weighted by molar-refractivity contribution is 5.84. The van der Waals surface area contributed by atoms with Gasteiger partial charge in [-0.25, -0.2) is 0 Å². The predicted molar refractivity (Wildman–Crippen MR) is 60.0 cm³/mol. The molecule has 0 amide bonds. The lowest BCUT2D eigenvalue weighted by atomic mass is 9.83. The number of benzene rings is 1. The summed E-state index contributed by atoms with van der Waals surface area (Å²) in [6.07, 6.45) is 0.0675. The molecule has 1 saturated heterocycles. The van der Waals surface area contributed by atoms with E-state index in [1.807, 2.05) is 30.3 Å². The molecular weight excluding hydrogens is 220 g/mol. The van der Waals surface area contributed by atoms with Gasteiger partial charge in [-0.3, -0.25) is 9.59 Å². The number of esters is 2. The summed E-state index contributed by atoms with van der Waals surface area (Å²) in [7, 11) is 1.32. The summed E-state index contributed by atoms with van der Waals surface area (Å²) >= 11 is 0. The van der Waals surface area contributed by atoms with Crippen LogP contribution >= 0.6 is 0 Å². The van der Waals surface area contributed by atoms with E-state index >= 15 is 0 Å². The third kappa shape index (κ3) is 1.90. The van der Waals surface area contributed by atoms with Crippen LogP contribution in [-0.2, 0) is 24.7 Å². The Hall–Kier alpha value is -1.84. The SMILES string of the molecule is COC(=O)[C@H]1CC(=O)O[C@]1(C)c1ccccc1. The number of cyclic esters (lactones) is 1. The van der Waals surface area contributed by atoms with E-state index in [-0.39, 0.29) is 12.4 Å². The molecule has 4 nitrogen and oxygen atoms in total. The fraction of sp³-hybridized carbons (Fsp3) is 0.385. The van der Waals surface area contributed by atoms with Crippen molar-refractivity contribution in [1.82, 2.24) is 0 Å². The Morgan fingerprint density at radius 2 is 2.06 bits per heavy atom. The number of rotatable bonds is 2. The van der Waals surface area contributed by atoms with Gasteiger partial charge in [-0.2, -0.15) is 0 Å². The Balaban J connectivity index is 2.40. The van der Waals surface area contributed by atoms with Crippen LogP contribution in [0.5, 0.6) is 0 Å². The van der Waals surface area contributed by atoms with Crippen LogP contribution in [0, 0.1) is 5.92 Å². The molecule has 1 aliphatic rings. The van der Waals surface area contributed by atoms with E-state index in [9.17, 15) is 9.59 Å². The van der Waals surface area contributed by atoms with Crippen LogP contribution in [0.2, 0.25) is 0 Å². The molecule has 0 bridgehead atoms. The fourth-order valence-corrected chi connectivity index (χ4v) is 2.19. The first-order chi connectivity index (χ1) is 8.08. The summed E-state index contributed by atoms with van der Waals surface area (Å²) < 4.78 is 10.1. The number of hydrogen-bond acceptors (Lipinski definition) is 4. The van der Waals surface area contributed by atoms with Crippen LogP contribution in [0.4, 0.5) is 0 Å². The fourth-order valence-electron chi connectivity index (χ4n) is 2.19. The maximum absolute atomic E-state index is 11.7. The molecule has 0 N–H and O–H groups in total. The molecule has 0 unspecified atom stereocenters. The molecule has 0 aromatic heterocycles. The maximum Gasteiger partial charge on any atom is 0.313 e. The predicted octanol–water partition coefficient (Wildman–Crippen LogP) is 1.64. The second kappa shape index (κ2) is 4.20. The lowest BCUT2D eigenvalue weighted by Crippen LogP contribution is -2.34. The van der Waals surface area contributed by atoms with Gasteiger partial charge in [0.15, 0.2) is 0 Å². The van der Waals surface area contributed by atoms with Gasteiger partial charge in [0.2, 0.25) is 0 Å². The second-order valence-electron chi connectivity index (χ2n) is 4.23. The topological polar surface area (TPSA) is 52.6 Å². The van der Waals surface area contributed by atoms with Crippen LogP contribution < -0.4 is 0 Å². The van der Waals surface area contributed by atoms with Gasteiger partial charge in [-0.1, -0.05) is 30.3 Å². The highest BCUT2D eigenvalue weighted by Crippen LogP contribution is 2.41. The molecule has 1 fully saturated rings. The van der Waals surface area contributed by atoms with E-state index in [1.54, 1.807) is 6.92 Å². The zero-order valence-electron chi connectivity index (χ0n) is 9.80. The number of hydrogen-bond donors (Lipinski definition) is 0. The molecule has 4 heteroatoms. The monoisotopic (exact) mass is 234 g/mol. The minimum Gasteiger partial charge on any atom is -0.469 e. The lowest BCUT2D eigenvalue weighted by molar-refractivity contribution is -0.155. The van der Waals surface area contributed by atoms with E-state index in [0.29, 0.717) is 0 Å². The Morgan fingerprint density at radius 3 is 2.65 bits per heavy atom. The number of methoxy groups -OCH3 is 1. The van der Waals surface area contributed by atoms with Crippen molar-refractivity contribution in [3.8, 4) is 0 Å². The van der Waals surface area contributed by atoms with Crippen molar-refractivity contribution in [1.29, 1.82) is 0 Å². The van der Waals surface area contributed by atoms with Crippen molar-refractivity contribution in [3.63, 3.8) is 0 Å². The third-order valence-corrected chi connectivity index (χ3v) is 3.19. The highest BCUT2D eigenvalue weighted by Gasteiger charge is 2.51. The van der Waals surface area contributed by atoms with Gasteiger partial charge in [-0.15, -0.1) is 0 Å². The summed E-state index contributed by atoms with van der Waals surface area (Å²) in [6, 6.07) is 9.25. The van der Waals surface area contributed by atoms with E-state index in [0.717, 1.165) is 5.56 Å². The smallest absolute Gasteiger partial charge is 0.313 e. The molecule has 1 heterocycles. The van der Waals surface area contributed by atoms with E-state index in [2.05, 4.69) is 0 Å². The van der Waals surface area contributed by atoms with E-state index in [4.69, 9.17) is 9.47 Å². The zero-order valence-corrected chi connectivity index (χ0v) is 9.80. The second-order valence-corrected chi connectivity index (χ2v) is 4.23. The first kappa shape index (κ1) is 11.6. The first-order valence-corrected chi connectivity index (χ1v) is 5.43. The Morgan fingerprint density at radius 1 is 1.41 bits per heavy atom. The van der Waals surface area contributed by atoms with Gasteiger partial charge >= 0.3 is 11.9 Å².